The Kier molecular flexibility index (Phi) is 5.46. The average molecular weight is 319 g/mol. The molecule has 0 spiro atoms. The fraction of sp³-hybridized carbons (Fsp3) is 0.571. The van der Waals surface area contributed by atoms with E-state index in [-0.39, 0.29) is 16.0 Å². The van der Waals surface area contributed by atoms with E-state index in [2.05, 4.69) is 13.8 Å². The molecule has 0 saturated heterocycles. The minimum absolute atomic E-state index is 0.0698. The fourth-order valence-corrected chi connectivity index (χ4v) is 4.05. The number of anilines is 1. The third kappa shape index (κ3) is 3.65. The second-order valence-electron chi connectivity index (χ2n) is 5.64. The van der Waals surface area contributed by atoms with E-state index in [1.165, 1.54) is 10.4 Å². The molecule has 1 atom stereocenters. The van der Waals surface area contributed by atoms with Gasteiger partial charge in [0.15, 0.2) is 0 Å². The van der Waals surface area contributed by atoms with Crippen molar-refractivity contribution in [2.24, 2.45) is 5.92 Å². The highest BCUT2D eigenvalue weighted by Crippen LogP contribution is 2.30. The minimum atomic E-state index is -3.63. The van der Waals surface area contributed by atoms with Crippen LogP contribution in [0.15, 0.2) is 17.0 Å². The van der Waals surface area contributed by atoms with Crippen LogP contribution in [-0.2, 0) is 10.0 Å². The maximum absolute atomic E-state index is 12.6. The van der Waals surface area contributed by atoms with Gasteiger partial charge in [0.05, 0.1) is 5.02 Å². The molecule has 2 N–H and O–H groups in total. The van der Waals surface area contributed by atoms with Crippen molar-refractivity contribution in [1.82, 2.24) is 4.31 Å². The Bertz CT molecular complexity index is 585. The second kappa shape index (κ2) is 6.33. The standard InChI is InChI=1S/C14H23ClN2O2S/c1-9(2)6-11(4)17(5)20(18,19)14-8-13(16)10(3)7-12(14)15/h7-9,11H,6,16H2,1-5H3. The summed E-state index contributed by atoms with van der Waals surface area (Å²) < 4.78 is 26.6. The number of hydrogen-bond donors (Lipinski definition) is 1. The van der Waals surface area contributed by atoms with Gasteiger partial charge in [-0.15, -0.1) is 0 Å². The summed E-state index contributed by atoms with van der Waals surface area (Å²) in [5.74, 6) is 0.418. The van der Waals surface area contributed by atoms with Crippen LogP contribution in [0.2, 0.25) is 5.02 Å². The van der Waals surface area contributed by atoms with E-state index in [9.17, 15) is 8.42 Å². The average Bonchev–Trinajstić information content (AvgIpc) is 2.31. The van der Waals surface area contributed by atoms with Crippen LogP contribution in [0.5, 0.6) is 0 Å². The molecule has 0 fully saturated rings. The first-order valence-corrected chi connectivity index (χ1v) is 8.42. The molecule has 114 valence electrons. The quantitative estimate of drug-likeness (QED) is 0.847. The number of sulfonamides is 1. The van der Waals surface area contributed by atoms with E-state index < -0.39 is 10.0 Å². The van der Waals surface area contributed by atoms with Gasteiger partial charge in [-0.05, 0) is 43.9 Å². The van der Waals surface area contributed by atoms with Gasteiger partial charge < -0.3 is 5.73 Å². The highest BCUT2D eigenvalue weighted by Gasteiger charge is 2.28. The normalized spacial score (nSPS) is 14.0. The third-order valence-corrected chi connectivity index (χ3v) is 5.85. The van der Waals surface area contributed by atoms with Gasteiger partial charge in [0.1, 0.15) is 4.90 Å². The second-order valence-corrected chi connectivity index (χ2v) is 8.01. The maximum atomic E-state index is 12.6. The van der Waals surface area contributed by atoms with E-state index in [1.807, 2.05) is 6.92 Å². The summed E-state index contributed by atoms with van der Waals surface area (Å²) >= 11 is 6.08. The number of nitrogens with zero attached hydrogens (tertiary/aromatic N) is 1. The molecule has 0 amide bonds. The summed E-state index contributed by atoms with van der Waals surface area (Å²) in [4.78, 5) is 0.0698. The molecule has 0 bridgehead atoms. The number of aryl methyl sites for hydroxylation is 1. The van der Waals surface area contributed by atoms with Gasteiger partial charge in [-0.25, -0.2) is 8.42 Å². The van der Waals surface area contributed by atoms with E-state index >= 15 is 0 Å². The van der Waals surface area contributed by atoms with Crippen molar-refractivity contribution in [1.29, 1.82) is 0 Å². The number of nitrogens with two attached hydrogens (primary N) is 1. The van der Waals surface area contributed by atoms with Crippen molar-refractivity contribution in [3.8, 4) is 0 Å². The zero-order valence-electron chi connectivity index (χ0n) is 12.6. The van der Waals surface area contributed by atoms with Crippen LogP contribution in [0.25, 0.3) is 0 Å². The summed E-state index contributed by atoms with van der Waals surface area (Å²) in [5.41, 5.74) is 7.00. The topological polar surface area (TPSA) is 63.4 Å². The molecule has 0 radical (unpaired) electrons. The van der Waals surface area contributed by atoms with E-state index in [1.54, 1.807) is 20.0 Å². The molecule has 0 aliphatic rings. The van der Waals surface area contributed by atoms with Crippen molar-refractivity contribution < 1.29 is 8.42 Å². The highest BCUT2D eigenvalue weighted by atomic mass is 35.5. The lowest BCUT2D eigenvalue weighted by Gasteiger charge is -2.26. The maximum Gasteiger partial charge on any atom is 0.244 e. The molecule has 0 aliphatic heterocycles. The Morgan fingerprint density at radius 2 is 1.85 bits per heavy atom. The molecule has 0 heterocycles. The zero-order valence-corrected chi connectivity index (χ0v) is 14.2. The first-order valence-electron chi connectivity index (χ1n) is 6.61. The van der Waals surface area contributed by atoms with Crippen LogP contribution in [0.3, 0.4) is 0 Å². The first kappa shape index (κ1) is 17.3. The van der Waals surface area contributed by atoms with Gasteiger partial charge in [0.2, 0.25) is 10.0 Å². The zero-order chi connectivity index (χ0) is 15.7. The van der Waals surface area contributed by atoms with Crippen molar-refractivity contribution in [3.05, 3.63) is 22.7 Å². The smallest absolute Gasteiger partial charge is 0.244 e. The highest BCUT2D eigenvalue weighted by molar-refractivity contribution is 7.89. The Balaban J connectivity index is 3.20. The Morgan fingerprint density at radius 3 is 2.35 bits per heavy atom. The van der Waals surface area contributed by atoms with Gasteiger partial charge in [-0.1, -0.05) is 25.4 Å². The van der Waals surface area contributed by atoms with E-state index in [0.29, 0.717) is 11.6 Å². The van der Waals surface area contributed by atoms with Crippen molar-refractivity contribution in [2.45, 2.75) is 45.1 Å². The van der Waals surface area contributed by atoms with Crippen molar-refractivity contribution in [2.75, 3.05) is 12.8 Å². The number of hydrogen-bond acceptors (Lipinski definition) is 3. The van der Waals surface area contributed by atoms with Crippen molar-refractivity contribution in [3.63, 3.8) is 0 Å². The molecular formula is C14H23ClN2O2S. The van der Waals surface area contributed by atoms with Gasteiger partial charge in [0, 0.05) is 18.8 Å². The van der Waals surface area contributed by atoms with Gasteiger partial charge in [-0.3, -0.25) is 0 Å². The van der Waals surface area contributed by atoms with Gasteiger partial charge in [0.25, 0.3) is 0 Å². The summed E-state index contributed by atoms with van der Waals surface area (Å²) in [5, 5.41) is 0.209. The molecule has 4 nitrogen and oxygen atoms in total. The van der Waals surface area contributed by atoms with Crippen LogP contribution in [0.4, 0.5) is 5.69 Å². The van der Waals surface area contributed by atoms with Gasteiger partial charge in [-0.2, -0.15) is 4.31 Å². The SMILES string of the molecule is Cc1cc(Cl)c(S(=O)(=O)N(C)C(C)CC(C)C)cc1N. The molecule has 1 unspecified atom stereocenters. The lowest BCUT2D eigenvalue weighted by molar-refractivity contribution is 0.338. The third-order valence-electron chi connectivity index (χ3n) is 3.41. The monoisotopic (exact) mass is 318 g/mol. The van der Waals surface area contributed by atoms with E-state index in [4.69, 9.17) is 17.3 Å². The molecule has 0 aromatic heterocycles. The Labute approximate surface area is 127 Å². The molecule has 20 heavy (non-hydrogen) atoms. The van der Waals surface area contributed by atoms with Crippen LogP contribution in [-0.4, -0.2) is 25.8 Å². The number of halogens is 1. The van der Waals surface area contributed by atoms with Crippen LogP contribution in [0, 0.1) is 12.8 Å². The molecule has 1 aromatic rings. The number of benzene rings is 1. The minimum Gasteiger partial charge on any atom is -0.398 e. The largest absolute Gasteiger partial charge is 0.398 e. The van der Waals surface area contributed by atoms with Gasteiger partial charge >= 0.3 is 0 Å². The lowest BCUT2D eigenvalue weighted by Crippen LogP contribution is -2.36. The number of nitrogen functional groups attached to an aromatic ring is 1. The predicted octanol–water partition coefficient (Wildman–Crippen LogP) is 3.29. The van der Waals surface area contributed by atoms with Crippen LogP contribution in [0.1, 0.15) is 32.8 Å². The molecule has 0 aliphatic carbocycles. The molecule has 6 heteroatoms. The molecule has 0 saturated carbocycles. The molecule has 1 aromatic carbocycles. The Morgan fingerprint density at radius 1 is 1.30 bits per heavy atom. The summed E-state index contributed by atoms with van der Waals surface area (Å²) in [6, 6.07) is 2.93. The Hall–Kier alpha value is -0.780. The lowest BCUT2D eigenvalue weighted by atomic mass is 10.1. The van der Waals surface area contributed by atoms with Crippen LogP contribution >= 0.6 is 11.6 Å². The summed E-state index contributed by atoms with van der Waals surface area (Å²) in [7, 11) is -2.05. The molecular weight excluding hydrogens is 296 g/mol. The van der Waals surface area contributed by atoms with Crippen LogP contribution < -0.4 is 5.73 Å². The number of rotatable bonds is 5. The molecule has 1 rings (SSSR count). The predicted molar refractivity (Wildman–Crippen MR) is 84.5 cm³/mol. The first-order chi connectivity index (χ1) is 9.07. The van der Waals surface area contributed by atoms with Crippen molar-refractivity contribution >= 4 is 27.3 Å². The fourth-order valence-electron chi connectivity index (χ4n) is 2.09. The summed E-state index contributed by atoms with van der Waals surface area (Å²) in [6.45, 7) is 7.81. The van der Waals surface area contributed by atoms with E-state index in [0.717, 1.165) is 12.0 Å². The summed E-state index contributed by atoms with van der Waals surface area (Å²) in [6.07, 6.45) is 0.786.